The number of ketones is 1. The molecule has 5 nitrogen and oxygen atoms in total. The van der Waals surface area contributed by atoms with E-state index in [0.29, 0.717) is 10.3 Å². The van der Waals surface area contributed by atoms with Gasteiger partial charge in [-0.05, 0) is 0 Å². The van der Waals surface area contributed by atoms with Crippen LogP contribution in [0.2, 0.25) is 0 Å². The molecule has 5 heteroatoms. The Kier molecular flexibility index (Phi) is 3.98. The monoisotopic (exact) mass is 234 g/mol. The van der Waals surface area contributed by atoms with Gasteiger partial charge in [0, 0.05) is 19.4 Å². The van der Waals surface area contributed by atoms with Crippen molar-refractivity contribution in [2.24, 2.45) is 5.16 Å². The summed E-state index contributed by atoms with van der Waals surface area (Å²) < 4.78 is 0.460. The zero-order valence-corrected chi connectivity index (χ0v) is 9.70. The minimum Gasteiger partial charge on any atom is -0.623 e. The Morgan fingerprint density at radius 2 is 2.00 bits per heavy atom. The van der Waals surface area contributed by atoms with E-state index in [1.54, 1.807) is 30.3 Å². The average Bonchev–Trinajstić information content (AvgIpc) is 2.30. The molecule has 0 aliphatic heterocycles. The third kappa shape index (κ3) is 3.41. The smallest absolute Gasteiger partial charge is 0.249 e. The van der Waals surface area contributed by atoms with E-state index in [4.69, 9.17) is 5.21 Å². The maximum Gasteiger partial charge on any atom is 0.249 e. The van der Waals surface area contributed by atoms with Gasteiger partial charge in [0.25, 0.3) is 0 Å². The number of hydrogen-bond acceptors (Lipinski definition) is 4. The van der Waals surface area contributed by atoms with E-state index in [-0.39, 0.29) is 5.78 Å². The third-order valence-electron chi connectivity index (χ3n) is 2.23. The largest absolute Gasteiger partial charge is 0.623 e. The normalized spacial score (nSPS) is 12.9. The lowest BCUT2D eigenvalue weighted by atomic mass is 10.1. The first-order chi connectivity index (χ1) is 7.97. The van der Waals surface area contributed by atoms with Gasteiger partial charge in [-0.15, -0.1) is 0 Å². The van der Waals surface area contributed by atoms with Gasteiger partial charge in [-0.25, -0.2) is 0 Å². The molecule has 17 heavy (non-hydrogen) atoms. The number of hydrogen-bond donors (Lipinski definition) is 1. The SMILES string of the molecule is CC(C)(C=NO)[N+]([O-])=CC(=O)c1ccccc1. The number of nitrogens with zero attached hydrogens (tertiary/aromatic N) is 2. The van der Waals surface area contributed by atoms with Crippen LogP contribution in [0.15, 0.2) is 35.5 Å². The summed E-state index contributed by atoms with van der Waals surface area (Å²) in [5, 5.41) is 22.9. The minimum absolute atomic E-state index is 0.389. The highest BCUT2D eigenvalue weighted by atomic mass is 16.5. The quantitative estimate of drug-likeness (QED) is 0.215. The average molecular weight is 234 g/mol. The van der Waals surface area contributed by atoms with Crippen molar-refractivity contribution in [1.29, 1.82) is 0 Å². The lowest BCUT2D eigenvalue weighted by Crippen LogP contribution is -2.36. The van der Waals surface area contributed by atoms with Crippen LogP contribution in [-0.4, -0.2) is 33.7 Å². The van der Waals surface area contributed by atoms with E-state index in [1.807, 2.05) is 0 Å². The molecule has 0 saturated carbocycles. The fourth-order valence-corrected chi connectivity index (χ4v) is 1.15. The Labute approximate surface area is 99.3 Å². The van der Waals surface area contributed by atoms with Crippen molar-refractivity contribution in [3.63, 3.8) is 0 Å². The third-order valence-corrected chi connectivity index (χ3v) is 2.23. The predicted octanol–water partition coefficient (Wildman–Crippen LogP) is 1.69. The Balaban J connectivity index is 2.94. The number of carbonyl (C=O) groups is 1. The lowest BCUT2D eigenvalue weighted by Gasteiger charge is -2.18. The summed E-state index contributed by atoms with van der Waals surface area (Å²) in [6.45, 7) is 3.07. The van der Waals surface area contributed by atoms with Gasteiger partial charge in [-0.1, -0.05) is 35.5 Å². The fourth-order valence-electron chi connectivity index (χ4n) is 1.15. The molecular formula is C12H14N2O3. The van der Waals surface area contributed by atoms with Crippen LogP contribution in [0.25, 0.3) is 0 Å². The van der Waals surface area contributed by atoms with Gasteiger partial charge in [-0.3, -0.25) is 4.79 Å². The summed E-state index contributed by atoms with van der Waals surface area (Å²) >= 11 is 0. The van der Waals surface area contributed by atoms with Crippen molar-refractivity contribution in [2.75, 3.05) is 0 Å². The van der Waals surface area contributed by atoms with Crippen molar-refractivity contribution in [3.05, 3.63) is 41.1 Å². The first-order valence-electron chi connectivity index (χ1n) is 5.06. The van der Waals surface area contributed by atoms with Crippen LogP contribution in [0, 0.1) is 5.21 Å². The van der Waals surface area contributed by atoms with E-state index in [1.165, 1.54) is 13.8 Å². The van der Waals surface area contributed by atoms with Crippen LogP contribution < -0.4 is 0 Å². The molecule has 0 saturated heterocycles. The molecule has 0 spiro atoms. The summed E-state index contributed by atoms with van der Waals surface area (Å²) in [4.78, 5) is 11.7. The van der Waals surface area contributed by atoms with Crippen LogP contribution in [0.5, 0.6) is 0 Å². The zero-order valence-electron chi connectivity index (χ0n) is 9.70. The predicted molar refractivity (Wildman–Crippen MR) is 64.8 cm³/mol. The van der Waals surface area contributed by atoms with Crippen molar-refractivity contribution in [2.45, 2.75) is 19.4 Å². The maximum atomic E-state index is 11.7. The van der Waals surface area contributed by atoms with E-state index in [9.17, 15) is 10.0 Å². The van der Waals surface area contributed by atoms with Gasteiger partial charge in [0.2, 0.25) is 17.5 Å². The standard InChI is InChI=1S/C12H14N2O3/c1-12(2,9-13-16)14(17)8-11(15)10-6-4-3-5-7-10/h3-9,16H,1-2H3. The van der Waals surface area contributed by atoms with E-state index in [0.717, 1.165) is 12.4 Å². The maximum absolute atomic E-state index is 11.7. The summed E-state index contributed by atoms with van der Waals surface area (Å²) in [5.41, 5.74) is -0.635. The number of rotatable bonds is 4. The van der Waals surface area contributed by atoms with Gasteiger partial charge in [0.1, 0.15) is 6.21 Å². The van der Waals surface area contributed by atoms with Crippen LogP contribution >= 0.6 is 0 Å². The number of benzene rings is 1. The molecule has 1 N–H and O–H groups in total. The Morgan fingerprint density at radius 1 is 1.41 bits per heavy atom. The van der Waals surface area contributed by atoms with Crippen LogP contribution in [0.4, 0.5) is 0 Å². The molecule has 0 amide bonds. The Bertz CT molecular complexity index is 450. The lowest BCUT2D eigenvalue weighted by molar-refractivity contribution is -0.510. The molecule has 0 aliphatic rings. The van der Waals surface area contributed by atoms with Crippen molar-refractivity contribution in [1.82, 2.24) is 0 Å². The molecule has 90 valence electrons. The zero-order chi connectivity index (χ0) is 12.9. The van der Waals surface area contributed by atoms with Crippen molar-refractivity contribution >= 4 is 18.2 Å². The molecule has 0 atom stereocenters. The van der Waals surface area contributed by atoms with Gasteiger partial charge in [-0.2, -0.15) is 4.74 Å². The number of Topliss-reactive ketones (excluding diaryl/α,β-unsaturated/α-hetero) is 1. The highest BCUT2D eigenvalue weighted by molar-refractivity contribution is 6.33. The Morgan fingerprint density at radius 3 is 2.53 bits per heavy atom. The van der Waals surface area contributed by atoms with Gasteiger partial charge < -0.3 is 10.4 Å². The van der Waals surface area contributed by atoms with Crippen LogP contribution in [0.3, 0.4) is 0 Å². The summed E-state index contributed by atoms with van der Waals surface area (Å²) in [6.07, 6.45) is 2.01. The summed E-state index contributed by atoms with van der Waals surface area (Å²) in [7, 11) is 0. The molecule has 0 bridgehead atoms. The summed E-state index contributed by atoms with van der Waals surface area (Å²) in [6, 6.07) is 8.47. The second kappa shape index (κ2) is 5.25. The Hall–Kier alpha value is -2.17. The molecule has 0 unspecified atom stereocenters. The molecular weight excluding hydrogens is 220 g/mol. The van der Waals surface area contributed by atoms with E-state index >= 15 is 0 Å². The molecule has 1 aromatic carbocycles. The fraction of sp³-hybridized carbons (Fsp3) is 0.250. The highest BCUT2D eigenvalue weighted by Crippen LogP contribution is 2.05. The van der Waals surface area contributed by atoms with E-state index < -0.39 is 5.54 Å². The number of carbonyl (C=O) groups excluding carboxylic acids is 1. The van der Waals surface area contributed by atoms with Crippen LogP contribution in [0.1, 0.15) is 24.2 Å². The minimum atomic E-state index is -1.07. The van der Waals surface area contributed by atoms with Gasteiger partial charge in [0.05, 0.1) is 0 Å². The molecule has 0 aromatic heterocycles. The molecule has 1 rings (SSSR count). The number of hydroxylamine groups is 1. The van der Waals surface area contributed by atoms with Gasteiger partial charge >= 0.3 is 0 Å². The molecule has 1 aromatic rings. The second-order valence-corrected chi connectivity index (χ2v) is 4.08. The topological polar surface area (TPSA) is 75.7 Å². The first kappa shape index (κ1) is 12.9. The molecule has 0 radical (unpaired) electrons. The molecule has 0 aliphatic carbocycles. The summed E-state index contributed by atoms with van der Waals surface area (Å²) in [5.74, 6) is -0.389. The second-order valence-electron chi connectivity index (χ2n) is 4.08. The van der Waals surface area contributed by atoms with Gasteiger partial charge in [0.15, 0.2) is 0 Å². The van der Waals surface area contributed by atoms with Crippen LogP contribution in [-0.2, 0) is 0 Å². The van der Waals surface area contributed by atoms with E-state index in [2.05, 4.69) is 5.16 Å². The van der Waals surface area contributed by atoms with Crippen molar-refractivity contribution < 1.29 is 14.7 Å². The first-order valence-corrected chi connectivity index (χ1v) is 5.06. The molecule has 0 heterocycles. The molecule has 0 fully saturated rings. The highest BCUT2D eigenvalue weighted by Gasteiger charge is 2.25. The van der Waals surface area contributed by atoms with Crippen molar-refractivity contribution in [3.8, 4) is 0 Å². The number of oxime groups is 1.